The highest BCUT2D eigenvalue weighted by Crippen LogP contribution is 2.21. The third kappa shape index (κ3) is 5.72. The zero-order chi connectivity index (χ0) is 18.1. The van der Waals surface area contributed by atoms with Gasteiger partial charge in [-0.05, 0) is 37.3 Å². The molecule has 2 aromatic carbocycles. The lowest BCUT2D eigenvalue weighted by atomic mass is 10.1. The summed E-state index contributed by atoms with van der Waals surface area (Å²) < 4.78 is 6.27. The number of hydrogen-bond acceptors (Lipinski definition) is 2. The van der Waals surface area contributed by atoms with E-state index < -0.39 is 0 Å². The molecule has 0 unspecified atom stereocenters. The summed E-state index contributed by atoms with van der Waals surface area (Å²) in [6, 6.07) is 18.4. The number of hydrogen-bond donors (Lipinski definition) is 1. The number of unbranched alkanes of at least 4 members (excludes halogenated alkanes) is 1. The first-order valence-electron chi connectivity index (χ1n) is 9.79. The minimum absolute atomic E-state index is 0.260. The highest BCUT2D eigenvalue weighted by molar-refractivity contribution is 5.72. The van der Waals surface area contributed by atoms with Crippen LogP contribution in [0.25, 0.3) is 12.2 Å². The number of piperidine rings is 1. The van der Waals surface area contributed by atoms with Gasteiger partial charge in [0.05, 0.1) is 6.61 Å². The summed E-state index contributed by atoms with van der Waals surface area (Å²) in [5.74, 6) is 0.922. The van der Waals surface area contributed by atoms with E-state index in [4.69, 9.17) is 4.74 Å². The van der Waals surface area contributed by atoms with E-state index >= 15 is 0 Å². The van der Waals surface area contributed by atoms with Crippen LogP contribution in [0.15, 0.2) is 54.6 Å². The predicted molar refractivity (Wildman–Crippen MR) is 107 cm³/mol. The van der Waals surface area contributed by atoms with E-state index in [0.29, 0.717) is 6.61 Å². The quantitative estimate of drug-likeness (QED) is 0.391. The lowest BCUT2D eigenvalue weighted by Crippen LogP contribution is -2.49. The van der Waals surface area contributed by atoms with Crippen LogP contribution in [0, 0.1) is 0 Å². The third-order valence-electron chi connectivity index (χ3n) is 5.05. The summed E-state index contributed by atoms with van der Waals surface area (Å²) in [5, 5.41) is 10.5. The van der Waals surface area contributed by atoms with Crippen LogP contribution < -0.4 is 4.74 Å². The zero-order valence-electron chi connectivity index (χ0n) is 15.5. The fourth-order valence-electron chi connectivity index (χ4n) is 3.51. The summed E-state index contributed by atoms with van der Waals surface area (Å²) in [6.07, 6.45) is 9.74. The van der Waals surface area contributed by atoms with Crippen molar-refractivity contribution in [3.8, 4) is 5.75 Å². The lowest BCUT2D eigenvalue weighted by Gasteiger charge is -2.33. The van der Waals surface area contributed by atoms with E-state index in [-0.39, 0.29) is 4.65 Å². The maximum atomic E-state index is 10.5. The van der Waals surface area contributed by atoms with E-state index in [1.165, 1.54) is 12.0 Å². The molecule has 0 aromatic heterocycles. The molecule has 3 heteroatoms. The Hall–Kier alpha value is -2.10. The molecule has 0 spiro atoms. The molecule has 0 amide bonds. The van der Waals surface area contributed by atoms with Crippen molar-refractivity contribution >= 4 is 12.2 Å². The van der Waals surface area contributed by atoms with Crippen LogP contribution in [-0.4, -0.2) is 36.1 Å². The fraction of sp³-hybridized carbons (Fsp3) is 0.391. The minimum Gasteiger partial charge on any atom is -0.493 e. The van der Waals surface area contributed by atoms with Crippen molar-refractivity contribution in [2.45, 2.75) is 32.1 Å². The highest BCUT2D eigenvalue weighted by Gasteiger charge is 2.27. The van der Waals surface area contributed by atoms with Crippen LogP contribution in [0.5, 0.6) is 5.75 Å². The van der Waals surface area contributed by atoms with Crippen molar-refractivity contribution < 1.29 is 14.6 Å². The van der Waals surface area contributed by atoms with Crippen molar-refractivity contribution in [2.24, 2.45) is 0 Å². The van der Waals surface area contributed by atoms with Crippen LogP contribution >= 0.6 is 0 Å². The molecule has 1 fully saturated rings. The first-order valence-corrected chi connectivity index (χ1v) is 9.79. The largest absolute Gasteiger partial charge is 0.493 e. The number of nitrogens with zero attached hydrogens (tertiary/aromatic N) is 1. The Morgan fingerprint density at radius 1 is 0.846 bits per heavy atom. The van der Waals surface area contributed by atoms with Gasteiger partial charge in [0, 0.05) is 12.0 Å². The number of quaternary nitrogens is 1. The molecule has 1 heterocycles. The summed E-state index contributed by atoms with van der Waals surface area (Å²) >= 11 is 0. The first kappa shape index (κ1) is 18.7. The normalized spacial score (nSPS) is 16.7. The Morgan fingerprint density at radius 2 is 1.58 bits per heavy atom. The standard InChI is InChI=1S/C23H30NO2/c25-24(17-7-2-8-18-24)19-9-10-20-26-23-14-6-5-13-22(23)16-15-21-11-3-1-4-12-21/h1,3-6,11-16,25H,2,7-10,17-20H2/q+1. The highest BCUT2D eigenvalue weighted by atomic mass is 16.5. The Bertz CT molecular complexity index is 690. The summed E-state index contributed by atoms with van der Waals surface area (Å²) in [6.45, 7) is 3.36. The molecular weight excluding hydrogens is 322 g/mol. The van der Waals surface area contributed by atoms with E-state index in [1.807, 2.05) is 36.4 Å². The van der Waals surface area contributed by atoms with Gasteiger partial charge in [-0.2, -0.15) is 4.65 Å². The van der Waals surface area contributed by atoms with Gasteiger partial charge in [-0.25, -0.2) is 5.21 Å². The van der Waals surface area contributed by atoms with Gasteiger partial charge in [0.1, 0.15) is 25.4 Å². The maximum Gasteiger partial charge on any atom is 0.126 e. The zero-order valence-corrected chi connectivity index (χ0v) is 15.5. The van der Waals surface area contributed by atoms with Crippen molar-refractivity contribution in [3.63, 3.8) is 0 Å². The van der Waals surface area contributed by atoms with E-state index in [0.717, 1.165) is 56.6 Å². The summed E-state index contributed by atoms with van der Waals surface area (Å²) in [7, 11) is 0. The van der Waals surface area contributed by atoms with Gasteiger partial charge in [0.15, 0.2) is 0 Å². The van der Waals surface area contributed by atoms with Crippen molar-refractivity contribution in [1.29, 1.82) is 0 Å². The molecule has 26 heavy (non-hydrogen) atoms. The molecule has 0 aliphatic carbocycles. The second kappa shape index (κ2) is 9.56. The van der Waals surface area contributed by atoms with Crippen molar-refractivity contribution in [3.05, 3.63) is 65.7 Å². The second-order valence-electron chi connectivity index (χ2n) is 7.16. The van der Waals surface area contributed by atoms with Crippen LogP contribution in [0.1, 0.15) is 43.2 Å². The summed E-state index contributed by atoms with van der Waals surface area (Å²) in [4.78, 5) is 0. The van der Waals surface area contributed by atoms with Crippen molar-refractivity contribution in [2.75, 3.05) is 26.2 Å². The fourth-order valence-corrected chi connectivity index (χ4v) is 3.51. The predicted octanol–water partition coefficient (Wildman–Crippen LogP) is 5.41. The lowest BCUT2D eigenvalue weighted by molar-refractivity contribution is -1.10. The Kier molecular flexibility index (Phi) is 6.87. The average molecular weight is 352 g/mol. The number of hydroxylamine groups is 3. The molecule has 3 nitrogen and oxygen atoms in total. The molecule has 0 atom stereocenters. The Labute approximate surface area is 157 Å². The molecule has 0 radical (unpaired) electrons. The third-order valence-corrected chi connectivity index (χ3v) is 5.05. The Balaban J connectivity index is 1.47. The monoisotopic (exact) mass is 352 g/mol. The molecule has 0 saturated carbocycles. The molecule has 2 aromatic rings. The molecule has 0 bridgehead atoms. The summed E-state index contributed by atoms with van der Waals surface area (Å²) in [5.41, 5.74) is 2.28. The van der Waals surface area contributed by atoms with Gasteiger partial charge >= 0.3 is 0 Å². The molecule has 3 rings (SSSR count). The van der Waals surface area contributed by atoms with Gasteiger partial charge in [0.25, 0.3) is 0 Å². The first-order chi connectivity index (χ1) is 12.8. The van der Waals surface area contributed by atoms with E-state index in [9.17, 15) is 5.21 Å². The van der Waals surface area contributed by atoms with Crippen LogP contribution in [0.3, 0.4) is 0 Å². The second-order valence-corrected chi connectivity index (χ2v) is 7.16. The van der Waals surface area contributed by atoms with E-state index in [1.54, 1.807) is 0 Å². The van der Waals surface area contributed by atoms with Crippen LogP contribution in [0.4, 0.5) is 0 Å². The molecule has 1 N–H and O–H groups in total. The number of likely N-dealkylation sites (tertiary alicyclic amines) is 1. The number of para-hydroxylation sites is 1. The van der Waals surface area contributed by atoms with Crippen molar-refractivity contribution in [1.82, 2.24) is 0 Å². The van der Waals surface area contributed by atoms with Gasteiger partial charge < -0.3 is 4.74 Å². The smallest absolute Gasteiger partial charge is 0.126 e. The van der Waals surface area contributed by atoms with Gasteiger partial charge in [-0.15, -0.1) is 0 Å². The number of ether oxygens (including phenoxy) is 1. The maximum absolute atomic E-state index is 10.5. The van der Waals surface area contributed by atoms with Crippen LogP contribution in [-0.2, 0) is 0 Å². The molecule has 1 aliphatic rings. The number of benzene rings is 2. The molecular formula is C23H30NO2+. The van der Waals surface area contributed by atoms with Gasteiger partial charge in [-0.3, -0.25) is 0 Å². The Morgan fingerprint density at radius 3 is 2.38 bits per heavy atom. The molecule has 1 aliphatic heterocycles. The average Bonchev–Trinajstić information content (AvgIpc) is 2.68. The van der Waals surface area contributed by atoms with Crippen LogP contribution in [0.2, 0.25) is 0 Å². The van der Waals surface area contributed by atoms with Gasteiger partial charge in [-0.1, -0.05) is 60.7 Å². The molecule has 138 valence electrons. The van der Waals surface area contributed by atoms with E-state index in [2.05, 4.69) is 30.4 Å². The topological polar surface area (TPSA) is 29.5 Å². The minimum atomic E-state index is 0.260. The number of rotatable bonds is 8. The SMILES string of the molecule is O[N+]1(CCCCOc2ccccc2C=Cc2ccccc2)CCCCC1. The molecule has 1 saturated heterocycles. The van der Waals surface area contributed by atoms with Gasteiger partial charge in [0.2, 0.25) is 0 Å².